The molecule has 0 bridgehead atoms. The highest BCUT2D eigenvalue weighted by molar-refractivity contribution is 7.22. The fourth-order valence-electron chi connectivity index (χ4n) is 3.43. The third-order valence-electron chi connectivity index (χ3n) is 5.17. The zero-order chi connectivity index (χ0) is 20.2. The molecule has 0 N–H and O–H groups in total. The van der Waals surface area contributed by atoms with Gasteiger partial charge in [0.05, 0.1) is 30.5 Å². The summed E-state index contributed by atoms with van der Waals surface area (Å²) in [7, 11) is 1.62. The van der Waals surface area contributed by atoms with Gasteiger partial charge < -0.3 is 9.47 Å². The third-order valence-corrected chi connectivity index (χ3v) is 6.21. The van der Waals surface area contributed by atoms with Crippen molar-refractivity contribution in [3.8, 4) is 5.75 Å². The van der Waals surface area contributed by atoms with Crippen molar-refractivity contribution in [1.82, 2.24) is 9.88 Å². The van der Waals surface area contributed by atoms with E-state index in [1.54, 1.807) is 23.3 Å². The molecule has 0 aliphatic carbocycles. The van der Waals surface area contributed by atoms with Gasteiger partial charge in [-0.05, 0) is 42.8 Å². The summed E-state index contributed by atoms with van der Waals surface area (Å²) in [5.74, 6) is 0.689. The second-order valence-corrected chi connectivity index (χ2v) is 8.07. The van der Waals surface area contributed by atoms with Crippen molar-refractivity contribution in [2.45, 2.75) is 6.92 Å². The van der Waals surface area contributed by atoms with Crippen LogP contribution in [0, 0.1) is 6.92 Å². The maximum Gasteiger partial charge on any atom is 0.260 e. The molecule has 1 amide bonds. The molecule has 0 radical (unpaired) electrons. The highest BCUT2D eigenvalue weighted by atomic mass is 35.5. The van der Waals surface area contributed by atoms with Crippen LogP contribution >= 0.6 is 23.7 Å². The largest absolute Gasteiger partial charge is 0.497 e. The molecule has 30 heavy (non-hydrogen) atoms. The first-order valence-electron chi connectivity index (χ1n) is 9.78. The molecule has 0 atom stereocenters. The summed E-state index contributed by atoms with van der Waals surface area (Å²) in [5.41, 5.74) is 2.71. The van der Waals surface area contributed by atoms with E-state index in [1.165, 1.54) is 0 Å². The van der Waals surface area contributed by atoms with Crippen molar-refractivity contribution in [1.29, 1.82) is 0 Å². The van der Waals surface area contributed by atoms with Gasteiger partial charge in [-0.15, -0.1) is 12.4 Å². The van der Waals surface area contributed by atoms with Gasteiger partial charge in [-0.1, -0.05) is 23.5 Å². The number of hydrogen-bond acceptors (Lipinski definition) is 6. The third kappa shape index (κ3) is 4.92. The molecule has 1 saturated heterocycles. The minimum atomic E-state index is -0.0439. The van der Waals surface area contributed by atoms with Gasteiger partial charge in [-0.3, -0.25) is 14.6 Å². The topological polar surface area (TPSA) is 54.9 Å². The van der Waals surface area contributed by atoms with E-state index in [9.17, 15) is 4.79 Å². The summed E-state index contributed by atoms with van der Waals surface area (Å²) in [6, 6.07) is 13.4. The van der Waals surface area contributed by atoms with E-state index in [4.69, 9.17) is 14.5 Å². The van der Waals surface area contributed by atoms with Gasteiger partial charge in [0.1, 0.15) is 5.75 Å². The molecule has 3 aromatic rings. The summed E-state index contributed by atoms with van der Waals surface area (Å²) in [5, 5.41) is 0.739. The number of para-hydroxylation sites is 1. The zero-order valence-corrected chi connectivity index (χ0v) is 18.8. The second kappa shape index (κ2) is 10.2. The number of fused-ring (bicyclic) bond motifs is 1. The van der Waals surface area contributed by atoms with E-state index in [-0.39, 0.29) is 18.3 Å². The van der Waals surface area contributed by atoms with Crippen molar-refractivity contribution >= 4 is 45.0 Å². The molecule has 6 nitrogen and oxygen atoms in total. The Balaban J connectivity index is 0.00000256. The number of methoxy groups -OCH3 is 1. The molecule has 1 aromatic heterocycles. The van der Waals surface area contributed by atoms with Crippen LogP contribution in [0.4, 0.5) is 5.13 Å². The lowest BCUT2D eigenvalue weighted by atomic mass is 10.2. The Morgan fingerprint density at radius 1 is 1.20 bits per heavy atom. The Kier molecular flexibility index (Phi) is 7.66. The van der Waals surface area contributed by atoms with E-state index in [0.717, 1.165) is 59.5 Å². The number of thiazole rings is 1. The standard InChI is InChI=1S/C22H25N3O3S.ClH/c1-16-4-3-5-19-20(16)23-22(29-19)25(11-10-24-12-14-28-15-13-24)21(26)17-6-8-18(27-2)9-7-17;/h3-9H,10-15H2,1-2H3;1H. The monoisotopic (exact) mass is 447 g/mol. The number of anilines is 1. The van der Waals surface area contributed by atoms with Crippen molar-refractivity contribution in [3.63, 3.8) is 0 Å². The molecule has 2 aromatic carbocycles. The van der Waals surface area contributed by atoms with Crippen molar-refractivity contribution in [3.05, 3.63) is 53.6 Å². The Morgan fingerprint density at radius 2 is 1.93 bits per heavy atom. The molecule has 0 spiro atoms. The highest BCUT2D eigenvalue weighted by Gasteiger charge is 2.23. The Bertz CT molecular complexity index is 987. The van der Waals surface area contributed by atoms with Crippen molar-refractivity contribution in [2.24, 2.45) is 0 Å². The van der Waals surface area contributed by atoms with Crippen LogP contribution in [0.2, 0.25) is 0 Å². The Morgan fingerprint density at radius 3 is 2.60 bits per heavy atom. The number of hydrogen-bond donors (Lipinski definition) is 0. The molecule has 1 fully saturated rings. The smallest absolute Gasteiger partial charge is 0.260 e. The first-order valence-corrected chi connectivity index (χ1v) is 10.6. The number of rotatable bonds is 6. The fraction of sp³-hybridized carbons (Fsp3) is 0.364. The number of ether oxygens (including phenoxy) is 2. The van der Waals surface area contributed by atoms with E-state index >= 15 is 0 Å². The Labute approximate surface area is 186 Å². The number of benzene rings is 2. The molecular weight excluding hydrogens is 422 g/mol. The lowest BCUT2D eigenvalue weighted by molar-refractivity contribution is 0.0391. The van der Waals surface area contributed by atoms with Gasteiger partial charge in [-0.25, -0.2) is 4.98 Å². The van der Waals surface area contributed by atoms with Gasteiger partial charge in [0.2, 0.25) is 0 Å². The molecule has 160 valence electrons. The van der Waals surface area contributed by atoms with E-state index in [2.05, 4.69) is 24.0 Å². The number of aromatic nitrogens is 1. The number of amides is 1. The number of halogens is 1. The fourth-order valence-corrected chi connectivity index (χ4v) is 4.50. The van der Waals surface area contributed by atoms with Gasteiger partial charge in [-0.2, -0.15) is 0 Å². The molecule has 1 aliphatic rings. The number of nitrogens with zero attached hydrogens (tertiary/aromatic N) is 3. The van der Waals surface area contributed by atoms with E-state index in [1.807, 2.05) is 30.3 Å². The second-order valence-electron chi connectivity index (χ2n) is 7.06. The predicted octanol–water partition coefficient (Wildman–Crippen LogP) is 4.01. The normalized spacial score (nSPS) is 14.3. The van der Waals surface area contributed by atoms with Crippen molar-refractivity contribution in [2.75, 3.05) is 51.4 Å². The van der Waals surface area contributed by atoms with E-state index < -0.39 is 0 Å². The number of aryl methyl sites for hydroxylation is 1. The molecule has 8 heteroatoms. The van der Waals surface area contributed by atoms with Crippen LogP contribution in [-0.2, 0) is 4.74 Å². The van der Waals surface area contributed by atoms with Gasteiger partial charge in [0, 0.05) is 31.7 Å². The van der Waals surface area contributed by atoms with Gasteiger partial charge in [0.25, 0.3) is 5.91 Å². The summed E-state index contributed by atoms with van der Waals surface area (Å²) in [4.78, 5) is 22.3. The first-order chi connectivity index (χ1) is 14.2. The van der Waals surface area contributed by atoms with Crippen LogP contribution in [0.1, 0.15) is 15.9 Å². The van der Waals surface area contributed by atoms with Gasteiger partial charge >= 0.3 is 0 Å². The van der Waals surface area contributed by atoms with Crippen LogP contribution in [0.25, 0.3) is 10.2 Å². The van der Waals surface area contributed by atoms with Crippen LogP contribution in [0.5, 0.6) is 5.75 Å². The average molecular weight is 448 g/mol. The Hall–Kier alpha value is -2.19. The van der Waals surface area contributed by atoms with Crippen LogP contribution < -0.4 is 9.64 Å². The van der Waals surface area contributed by atoms with Crippen LogP contribution in [-0.4, -0.2) is 62.3 Å². The number of carbonyl (C=O) groups excluding carboxylic acids is 1. The maximum absolute atomic E-state index is 13.4. The average Bonchev–Trinajstić information content (AvgIpc) is 3.20. The van der Waals surface area contributed by atoms with E-state index in [0.29, 0.717) is 12.1 Å². The summed E-state index contributed by atoms with van der Waals surface area (Å²) < 4.78 is 11.8. The minimum Gasteiger partial charge on any atom is -0.497 e. The van der Waals surface area contributed by atoms with Crippen LogP contribution in [0.3, 0.4) is 0 Å². The highest BCUT2D eigenvalue weighted by Crippen LogP contribution is 2.31. The quantitative estimate of drug-likeness (QED) is 0.571. The number of carbonyl (C=O) groups is 1. The molecular formula is C22H26ClN3O3S. The maximum atomic E-state index is 13.4. The summed E-state index contributed by atoms with van der Waals surface area (Å²) in [6.07, 6.45) is 0. The van der Waals surface area contributed by atoms with Crippen LogP contribution in [0.15, 0.2) is 42.5 Å². The molecule has 4 rings (SSSR count). The summed E-state index contributed by atoms with van der Waals surface area (Å²) in [6.45, 7) is 6.70. The molecule has 2 heterocycles. The SMILES string of the molecule is COc1ccc(C(=O)N(CCN2CCOCC2)c2nc3c(C)cccc3s2)cc1.Cl. The van der Waals surface area contributed by atoms with Gasteiger partial charge in [0.15, 0.2) is 5.13 Å². The zero-order valence-electron chi connectivity index (χ0n) is 17.2. The number of morpholine rings is 1. The first kappa shape index (κ1) is 22.5. The molecule has 0 unspecified atom stereocenters. The lowest BCUT2D eigenvalue weighted by Gasteiger charge is -2.29. The molecule has 0 saturated carbocycles. The van der Waals surface area contributed by atoms with Crippen molar-refractivity contribution < 1.29 is 14.3 Å². The molecule has 1 aliphatic heterocycles. The lowest BCUT2D eigenvalue weighted by Crippen LogP contribution is -2.43. The summed E-state index contributed by atoms with van der Waals surface area (Å²) >= 11 is 1.56. The predicted molar refractivity (Wildman–Crippen MR) is 124 cm³/mol. The minimum absolute atomic E-state index is 0.